The molecule has 0 radical (unpaired) electrons. The van der Waals surface area contributed by atoms with E-state index in [0.29, 0.717) is 48.4 Å². The number of aryl methyl sites for hydroxylation is 1. The molecular formula is C22H23F2N5O3. The average Bonchev–Trinajstić information content (AvgIpc) is 3.22. The molecule has 1 aliphatic heterocycles. The van der Waals surface area contributed by atoms with Gasteiger partial charge in [0, 0.05) is 36.5 Å². The summed E-state index contributed by atoms with van der Waals surface area (Å²) in [6, 6.07) is 5.16. The number of amides is 1. The molecule has 1 unspecified atom stereocenters. The van der Waals surface area contributed by atoms with Crippen LogP contribution in [0.4, 0.5) is 19.3 Å². The number of carbonyl (C=O) groups excluding carboxylic acids is 1. The van der Waals surface area contributed by atoms with Gasteiger partial charge in [-0.05, 0) is 37.1 Å². The van der Waals surface area contributed by atoms with E-state index in [9.17, 15) is 18.7 Å². The van der Waals surface area contributed by atoms with Crippen molar-refractivity contribution in [2.75, 3.05) is 18.0 Å². The maximum atomic E-state index is 13.7. The number of aliphatic hydroxyl groups excluding tert-OH is 1. The van der Waals surface area contributed by atoms with Crippen LogP contribution in [0.3, 0.4) is 0 Å². The number of aromatic nitrogens is 3. The first-order chi connectivity index (χ1) is 15.3. The predicted molar refractivity (Wildman–Crippen MR) is 113 cm³/mol. The Balaban J connectivity index is 1.69. The van der Waals surface area contributed by atoms with E-state index >= 15 is 0 Å². The number of rotatable bonds is 5. The van der Waals surface area contributed by atoms with Crippen LogP contribution >= 0.6 is 0 Å². The first-order valence-corrected chi connectivity index (χ1v) is 10.1. The largest absolute Gasteiger partial charge is 0.436 e. The van der Waals surface area contributed by atoms with E-state index in [1.54, 1.807) is 36.4 Å². The van der Waals surface area contributed by atoms with Gasteiger partial charge in [0.15, 0.2) is 17.2 Å². The average molecular weight is 443 g/mol. The zero-order chi connectivity index (χ0) is 22.9. The Hall–Kier alpha value is -3.53. The fraction of sp³-hybridized carbons (Fsp3) is 0.318. The normalized spacial score (nSPS) is 18.6. The summed E-state index contributed by atoms with van der Waals surface area (Å²) in [5.74, 6) is -1.91. The zero-order valence-electron chi connectivity index (χ0n) is 17.5. The molecule has 1 fully saturated rings. The van der Waals surface area contributed by atoms with Crippen LogP contribution in [-0.2, 0) is 24.0 Å². The molecule has 0 bridgehead atoms. The molecule has 3 aromatic rings. The van der Waals surface area contributed by atoms with Gasteiger partial charge in [-0.15, -0.1) is 0 Å². The first kappa shape index (κ1) is 21.7. The van der Waals surface area contributed by atoms with Crippen molar-refractivity contribution in [3.8, 4) is 11.3 Å². The number of carbonyl (C=O) groups is 1. The number of aliphatic hydroxyl groups is 1. The van der Waals surface area contributed by atoms with Gasteiger partial charge in [0.05, 0.1) is 36.9 Å². The van der Waals surface area contributed by atoms with Crippen LogP contribution in [0, 0.1) is 11.6 Å². The third-order valence-corrected chi connectivity index (χ3v) is 5.67. The summed E-state index contributed by atoms with van der Waals surface area (Å²) in [5.41, 5.74) is 7.12. The fourth-order valence-corrected chi connectivity index (χ4v) is 4.17. The Labute approximate surface area is 183 Å². The van der Waals surface area contributed by atoms with E-state index in [4.69, 9.17) is 10.5 Å². The summed E-state index contributed by atoms with van der Waals surface area (Å²) in [7, 11) is 1.77. The second-order valence-electron chi connectivity index (χ2n) is 7.83. The lowest BCUT2D eigenvalue weighted by Gasteiger charge is -2.42. The first-order valence-electron chi connectivity index (χ1n) is 10.1. The van der Waals surface area contributed by atoms with Gasteiger partial charge in [0.25, 0.3) is 0 Å². The molecule has 1 atom stereocenters. The van der Waals surface area contributed by atoms with Crippen LogP contribution in [0.2, 0.25) is 0 Å². The Kier molecular flexibility index (Phi) is 5.79. The Morgan fingerprint density at radius 3 is 2.75 bits per heavy atom. The summed E-state index contributed by atoms with van der Waals surface area (Å²) in [5, 5.41) is 14.2. The second kappa shape index (κ2) is 8.54. The minimum Gasteiger partial charge on any atom is -0.436 e. The summed E-state index contributed by atoms with van der Waals surface area (Å²) in [6.07, 6.45) is 5.37. The number of halogens is 2. The molecule has 1 amide bonds. The SMILES string of the molecule is Cn1cc(C2(OC(N)=O)CCCN(c3cnc(-c4ccc(F)c(F)c4)cc3CO)C2)cn1. The zero-order valence-corrected chi connectivity index (χ0v) is 17.5. The van der Waals surface area contributed by atoms with Crippen molar-refractivity contribution in [2.24, 2.45) is 12.8 Å². The molecule has 1 aromatic carbocycles. The van der Waals surface area contributed by atoms with Crippen molar-refractivity contribution >= 4 is 11.8 Å². The molecule has 32 heavy (non-hydrogen) atoms. The highest BCUT2D eigenvalue weighted by Crippen LogP contribution is 2.38. The van der Waals surface area contributed by atoms with Crippen molar-refractivity contribution < 1.29 is 23.4 Å². The molecule has 10 heteroatoms. The third-order valence-electron chi connectivity index (χ3n) is 5.67. The van der Waals surface area contributed by atoms with Crippen LogP contribution in [-0.4, -0.2) is 39.1 Å². The lowest BCUT2D eigenvalue weighted by atomic mass is 9.86. The molecule has 0 spiro atoms. The topological polar surface area (TPSA) is 106 Å². The molecule has 0 aliphatic carbocycles. The number of nitrogens with zero attached hydrogens (tertiary/aromatic N) is 4. The summed E-state index contributed by atoms with van der Waals surface area (Å²) in [4.78, 5) is 18.1. The number of nitrogens with two attached hydrogens (primary N) is 1. The molecule has 1 saturated heterocycles. The standard InChI is InChI=1S/C22H23F2N5O3/c1-28-11-16(9-27-28)22(32-21(25)31)5-2-6-29(13-22)20-10-26-19(8-15(20)12-30)14-3-4-17(23)18(24)7-14/h3-4,7-11,30H,2,5-6,12-13H2,1H3,(H2,25,31). The van der Waals surface area contributed by atoms with E-state index in [-0.39, 0.29) is 6.61 Å². The van der Waals surface area contributed by atoms with E-state index < -0.39 is 23.3 Å². The van der Waals surface area contributed by atoms with Crippen molar-refractivity contribution in [3.05, 3.63) is 65.6 Å². The molecule has 8 nitrogen and oxygen atoms in total. The van der Waals surface area contributed by atoms with Crippen LogP contribution in [0.15, 0.2) is 42.9 Å². The van der Waals surface area contributed by atoms with Gasteiger partial charge in [-0.2, -0.15) is 5.10 Å². The van der Waals surface area contributed by atoms with Gasteiger partial charge >= 0.3 is 6.09 Å². The summed E-state index contributed by atoms with van der Waals surface area (Å²) in [6.45, 7) is 0.645. The Morgan fingerprint density at radius 1 is 1.28 bits per heavy atom. The summed E-state index contributed by atoms with van der Waals surface area (Å²) < 4.78 is 34.2. The van der Waals surface area contributed by atoms with Gasteiger partial charge < -0.3 is 20.5 Å². The van der Waals surface area contributed by atoms with Gasteiger partial charge in [-0.25, -0.2) is 13.6 Å². The molecule has 3 heterocycles. The highest BCUT2D eigenvalue weighted by molar-refractivity contribution is 5.67. The Bertz CT molecular complexity index is 1150. The van der Waals surface area contributed by atoms with Crippen LogP contribution in [0.5, 0.6) is 0 Å². The number of hydrogen-bond donors (Lipinski definition) is 2. The monoisotopic (exact) mass is 443 g/mol. The summed E-state index contributed by atoms with van der Waals surface area (Å²) >= 11 is 0. The van der Waals surface area contributed by atoms with E-state index in [1.165, 1.54) is 6.07 Å². The van der Waals surface area contributed by atoms with E-state index in [0.717, 1.165) is 17.7 Å². The lowest BCUT2D eigenvalue weighted by molar-refractivity contribution is 0.00155. The molecular weight excluding hydrogens is 420 g/mol. The van der Waals surface area contributed by atoms with Crippen molar-refractivity contribution in [1.29, 1.82) is 0 Å². The quantitative estimate of drug-likeness (QED) is 0.628. The van der Waals surface area contributed by atoms with Gasteiger partial charge in [-0.3, -0.25) is 9.67 Å². The highest BCUT2D eigenvalue weighted by Gasteiger charge is 2.42. The molecule has 0 saturated carbocycles. The van der Waals surface area contributed by atoms with Crippen LogP contribution in [0.1, 0.15) is 24.0 Å². The van der Waals surface area contributed by atoms with Crippen molar-refractivity contribution in [3.63, 3.8) is 0 Å². The molecule has 2 aromatic heterocycles. The number of hydrogen-bond acceptors (Lipinski definition) is 6. The number of benzene rings is 1. The van der Waals surface area contributed by atoms with Crippen molar-refractivity contribution in [1.82, 2.24) is 14.8 Å². The van der Waals surface area contributed by atoms with Crippen LogP contribution in [0.25, 0.3) is 11.3 Å². The Morgan fingerprint density at radius 2 is 2.09 bits per heavy atom. The van der Waals surface area contributed by atoms with Gasteiger partial charge in [-0.1, -0.05) is 0 Å². The third kappa shape index (κ3) is 4.13. The molecule has 168 valence electrons. The van der Waals surface area contributed by atoms with Crippen molar-refractivity contribution in [2.45, 2.75) is 25.0 Å². The number of piperidine rings is 1. The van der Waals surface area contributed by atoms with E-state index in [1.807, 2.05) is 4.90 Å². The number of ether oxygens (including phenoxy) is 1. The number of primary amides is 1. The lowest BCUT2D eigenvalue weighted by Crippen LogP contribution is -2.49. The minimum absolute atomic E-state index is 0.290. The smallest absolute Gasteiger partial charge is 0.405 e. The number of pyridine rings is 1. The van der Waals surface area contributed by atoms with E-state index in [2.05, 4.69) is 10.1 Å². The molecule has 1 aliphatic rings. The van der Waals surface area contributed by atoms with Gasteiger partial charge in [0.1, 0.15) is 0 Å². The predicted octanol–water partition coefficient (Wildman–Crippen LogP) is 2.84. The maximum Gasteiger partial charge on any atom is 0.405 e. The molecule has 4 rings (SSSR count). The highest BCUT2D eigenvalue weighted by atomic mass is 19.2. The fourth-order valence-electron chi connectivity index (χ4n) is 4.17. The van der Waals surface area contributed by atoms with Gasteiger partial charge in [0.2, 0.25) is 0 Å². The second-order valence-corrected chi connectivity index (χ2v) is 7.83. The van der Waals surface area contributed by atoms with Crippen LogP contribution < -0.4 is 10.6 Å². The number of anilines is 1. The molecule has 3 N–H and O–H groups in total. The maximum absolute atomic E-state index is 13.7. The minimum atomic E-state index is -0.996.